The molecule has 0 aliphatic carbocycles. The minimum absolute atomic E-state index is 0.120. The van der Waals surface area contributed by atoms with E-state index in [0.29, 0.717) is 6.42 Å². The summed E-state index contributed by atoms with van der Waals surface area (Å²) in [6, 6.07) is 1.79. The Labute approximate surface area is 105 Å². The number of ketones is 1. The van der Waals surface area contributed by atoms with Gasteiger partial charge in [-0.05, 0) is 25.0 Å². The van der Waals surface area contributed by atoms with E-state index in [-0.39, 0.29) is 5.78 Å². The lowest BCUT2D eigenvalue weighted by molar-refractivity contribution is 0.0991. The lowest BCUT2D eigenvalue weighted by Gasteiger charge is -2.04. The molecule has 0 unspecified atom stereocenters. The summed E-state index contributed by atoms with van der Waals surface area (Å²) in [7, 11) is 0. The summed E-state index contributed by atoms with van der Waals surface area (Å²) in [5.41, 5.74) is 2.63. The standard InChI is InChI=1S/C13H14N2OS/c1-3-10-7-14-5-4-12(10)13(16)6-11-8-17-9(2)15-11/h4-5,7-8H,3,6H2,1-2H3. The van der Waals surface area contributed by atoms with Gasteiger partial charge in [0, 0.05) is 23.3 Å². The molecule has 17 heavy (non-hydrogen) atoms. The van der Waals surface area contributed by atoms with Crippen LogP contribution in [0.15, 0.2) is 23.8 Å². The summed E-state index contributed by atoms with van der Waals surface area (Å²) in [4.78, 5) is 20.5. The van der Waals surface area contributed by atoms with E-state index in [4.69, 9.17) is 0 Å². The van der Waals surface area contributed by atoms with Gasteiger partial charge < -0.3 is 0 Å². The summed E-state index contributed by atoms with van der Waals surface area (Å²) in [6.07, 6.45) is 4.63. The number of rotatable bonds is 4. The molecule has 0 saturated carbocycles. The van der Waals surface area contributed by atoms with Crippen molar-refractivity contribution in [3.05, 3.63) is 45.7 Å². The second-order valence-electron chi connectivity index (χ2n) is 3.84. The molecule has 0 aliphatic rings. The first kappa shape index (κ1) is 11.9. The van der Waals surface area contributed by atoms with E-state index in [9.17, 15) is 4.79 Å². The van der Waals surface area contributed by atoms with Gasteiger partial charge in [0.2, 0.25) is 0 Å². The number of carbonyl (C=O) groups excluding carboxylic acids is 1. The first-order chi connectivity index (χ1) is 8.20. The lowest BCUT2D eigenvalue weighted by Crippen LogP contribution is -2.07. The van der Waals surface area contributed by atoms with E-state index < -0.39 is 0 Å². The third-order valence-electron chi connectivity index (χ3n) is 2.59. The van der Waals surface area contributed by atoms with Crippen molar-refractivity contribution in [3.63, 3.8) is 0 Å². The monoisotopic (exact) mass is 246 g/mol. The second kappa shape index (κ2) is 5.19. The van der Waals surface area contributed by atoms with Crippen LogP contribution in [0.4, 0.5) is 0 Å². The van der Waals surface area contributed by atoms with E-state index in [1.165, 1.54) is 0 Å². The Morgan fingerprint density at radius 1 is 1.47 bits per heavy atom. The van der Waals surface area contributed by atoms with Crippen LogP contribution in [-0.4, -0.2) is 15.8 Å². The van der Waals surface area contributed by atoms with E-state index in [1.54, 1.807) is 29.8 Å². The van der Waals surface area contributed by atoms with Gasteiger partial charge in [0.1, 0.15) is 0 Å². The molecule has 0 bridgehead atoms. The molecule has 0 N–H and O–H groups in total. The van der Waals surface area contributed by atoms with E-state index in [1.807, 2.05) is 19.2 Å². The lowest BCUT2D eigenvalue weighted by atomic mass is 10.0. The molecule has 2 rings (SSSR count). The smallest absolute Gasteiger partial charge is 0.169 e. The average molecular weight is 246 g/mol. The van der Waals surface area contributed by atoms with Crippen LogP contribution in [0, 0.1) is 6.92 Å². The van der Waals surface area contributed by atoms with Gasteiger partial charge in [0.25, 0.3) is 0 Å². The number of hydrogen-bond donors (Lipinski definition) is 0. The van der Waals surface area contributed by atoms with Gasteiger partial charge in [-0.1, -0.05) is 6.92 Å². The van der Waals surface area contributed by atoms with Crippen LogP contribution < -0.4 is 0 Å². The van der Waals surface area contributed by atoms with Crippen molar-refractivity contribution >= 4 is 17.1 Å². The van der Waals surface area contributed by atoms with E-state index in [0.717, 1.165) is 28.2 Å². The van der Waals surface area contributed by atoms with Crippen molar-refractivity contribution in [2.45, 2.75) is 26.7 Å². The normalized spacial score (nSPS) is 10.5. The highest BCUT2D eigenvalue weighted by Crippen LogP contribution is 2.14. The fourth-order valence-corrected chi connectivity index (χ4v) is 2.34. The first-order valence-corrected chi connectivity index (χ1v) is 6.45. The Kier molecular flexibility index (Phi) is 3.64. The minimum atomic E-state index is 0.120. The van der Waals surface area contributed by atoms with Gasteiger partial charge in [-0.3, -0.25) is 9.78 Å². The van der Waals surface area contributed by atoms with Crippen molar-refractivity contribution in [1.29, 1.82) is 0 Å². The number of aromatic nitrogens is 2. The van der Waals surface area contributed by atoms with Crippen LogP contribution in [0.25, 0.3) is 0 Å². The molecule has 2 heterocycles. The topological polar surface area (TPSA) is 42.9 Å². The maximum atomic E-state index is 12.1. The average Bonchev–Trinajstić information content (AvgIpc) is 2.74. The van der Waals surface area contributed by atoms with E-state index >= 15 is 0 Å². The molecule has 0 fully saturated rings. The largest absolute Gasteiger partial charge is 0.294 e. The quantitative estimate of drug-likeness (QED) is 0.779. The first-order valence-electron chi connectivity index (χ1n) is 5.57. The molecule has 0 spiro atoms. The van der Waals surface area contributed by atoms with Gasteiger partial charge in [-0.2, -0.15) is 0 Å². The number of carbonyl (C=O) groups is 1. The summed E-state index contributed by atoms with van der Waals surface area (Å²) < 4.78 is 0. The molecule has 0 atom stereocenters. The highest BCUT2D eigenvalue weighted by Gasteiger charge is 2.12. The van der Waals surface area contributed by atoms with Gasteiger partial charge in [0.15, 0.2) is 5.78 Å². The van der Waals surface area contributed by atoms with Crippen molar-refractivity contribution < 1.29 is 4.79 Å². The molecule has 0 radical (unpaired) electrons. The molecule has 0 aliphatic heterocycles. The van der Waals surface area contributed by atoms with Crippen LogP contribution >= 0.6 is 11.3 Å². The zero-order chi connectivity index (χ0) is 12.3. The number of hydrogen-bond acceptors (Lipinski definition) is 4. The van der Waals surface area contributed by atoms with Crippen LogP contribution in [0.2, 0.25) is 0 Å². The third-order valence-corrected chi connectivity index (χ3v) is 3.42. The second-order valence-corrected chi connectivity index (χ2v) is 4.91. The Bertz CT molecular complexity index is 534. The molecule has 0 aromatic carbocycles. The SMILES string of the molecule is CCc1cnccc1C(=O)Cc1csc(C)n1. The van der Waals surface area contributed by atoms with Gasteiger partial charge in [-0.15, -0.1) is 11.3 Å². The predicted octanol–water partition coefficient (Wildman–Crippen LogP) is 2.83. The molecular formula is C13H14N2OS. The Balaban J connectivity index is 2.20. The summed E-state index contributed by atoms with van der Waals surface area (Å²) in [5.74, 6) is 0.120. The Morgan fingerprint density at radius 3 is 2.94 bits per heavy atom. The summed E-state index contributed by atoms with van der Waals surface area (Å²) in [5, 5.41) is 2.94. The highest BCUT2D eigenvalue weighted by atomic mass is 32.1. The molecule has 2 aromatic heterocycles. The number of aryl methyl sites for hydroxylation is 2. The van der Waals surface area contributed by atoms with Gasteiger partial charge in [0.05, 0.1) is 17.1 Å². The fraction of sp³-hybridized carbons (Fsp3) is 0.308. The molecule has 4 heteroatoms. The molecule has 3 nitrogen and oxygen atoms in total. The predicted molar refractivity (Wildman–Crippen MR) is 68.5 cm³/mol. The van der Waals surface area contributed by atoms with Crippen molar-refractivity contribution in [1.82, 2.24) is 9.97 Å². The summed E-state index contributed by atoms with van der Waals surface area (Å²) >= 11 is 1.58. The molecule has 0 saturated heterocycles. The molecule has 0 amide bonds. The number of Topliss-reactive ketones (excluding diaryl/α,β-unsaturated/α-hetero) is 1. The van der Waals surface area contributed by atoms with E-state index in [2.05, 4.69) is 9.97 Å². The maximum Gasteiger partial charge on any atom is 0.169 e. The Morgan fingerprint density at radius 2 is 2.29 bits per heavy atom. The van der Waals surface area contributed by atoms with Crippen molar-refractivity contribution in [3.8, 4) is 0 Å². The van der Waals surface area contributed by atoms with Crippen molar-refractivity contribution in [2.75, 3.05) is 0 Å². The van der Waals surface area contributed by atoms with Crippen LogP contribution in [0.1, 0.15) is 33.5 Å². The zero-order valence-corrected chi connectivity index (χ0v) is 10.8. The number of pyridine rings is 1. The van der Waals surface area contributed by atoms with Gasteiger partial charge in [-0.25, -0.2) is 4.98 Å². The van der Waals surface area contributed by atoms with Gasteiger partial charge >= 0.3 is 0 Å². The zero-order valence-electron chi connectivity index (χ0n) is 9.93. The maximum absolute atomic E-state index is 12.1. The third kappa shape index (κ3) is 2.77. The van der Waals surface area contributed by atoms with Crippen molar-refractivity contribution in [2.24, 2.45) is 0 Å². The minimum Gasteiger partial charge on any atom is -0.294 e. The van der Waals surface area contributed by atoms with Crippen LogP contribution in [0.3, 0.4) is 0 Å². The summed E-state index contributed by atoms with van der Waals surface area (Å²) in [6.45, 7) is 3.98. The Hall–Kier alpha value is -1.55. The van der Waals surface area contributed by atoms with Crippen LogP contribution in [0.5, 0.6) is 0 Å². The highest BCUT2D eigenvalue weighted by molar-refractivity contribution is 7.09. The molecular weight excluding hydrogens is 232 g/mol. The van der Waals surface area contributed by atoms with Crippen LogP contribution in [-0.2, 0) is 12.8 Å². The number of nitrogens with zero attached hydrogens (tertiary/aromatic N) is 2. The number of thiazole rings is 1. The molecule has 2 aromatic rings. The fourth-order valence-electron chi connectivity index (χ4n) is 1.73. The molecule has 88 valence electrons.